The minimum atomic E-state index is -0.439. The Morgan fingerprint density at radius 3 is 2.31 bits per heavy atom. The lowest BCUT2D eigenvalue weighted by atomic mass is 9.86. The standard InChI is InChI=1S/C12H20O4/c1-3-10(13)15-9-11(14)16-12(2)7-5-4-6-8-12/h3-9H2,1-2H3. The number of carbonyl (C=O) groups excluding carboxylic acids is 2. The third-order valence-electron chi connectivity index (χ3n) is 2.91. The SMILES string of the molecule is CCC(=O)OCC(=O)OC1(C)CCCCC1. The second kappa shape index (κ2) is 5.87. The van der Waals surface area contributed by atoms with Crippen molar-refractivity contribution in [3.05, 3.63) is 0 Å². The number of esters is 2. The highest BCUT2D eigenvalue weighted by atomic mass is 16.6. The summed E-state index contributed by atoms with van der Waals surface area (Å²) in [5.41, 5.74) is -0.353. The van der Waals surface area contributed by atoms with Crippen LogP contribution in [0.3, 0.4) is 0 Å². The van der Waals surface area contributed by atoms with E-state index in [-0.39, 0.29) is 24.6 Å². The average Bonchev–Trinajstić information content (AvgIpc) is 2.26. The predicted octanol–water partition coefficient (Wildman–Crippen LogP) is 2.21. The maximum Gasteiger partial charge on any atom is 0.344 e. The number of hydrogen-bond acceptors (Lipinski definition) is 4. The van der Waals surface area contributed by atoms with Crippen LogP contribution in [-0.2, 0) is 19.1 Å². The second-order valence-electron chi connectivity index (χ2n) is 4.50. The second-order valence-corrected chi connectivity index (χ2v) is 4.50. The lowest BCUT2D eigenvalue weighted by molar-refractivity contribution is -0.171. The molecule has 0 amide bonds. The molecular weight excluding hydrogens is 208 g/mol. The normalized spacial score (nSPS) is 18.9. The molecule has 0 spiro atoms. The lowest BCUT2D eigenvalue weighted by Crippen LogP contribution is -2.35. The van der Waals surface area contributed by atoms with Crippen LogP contribution in [-0.4, -0.2) is 24.1 Å². The van der Waals surface area contributed by atoms with E-state index in [2.05, 4.69) is 0 Å². The van der Waals surface area contributed by atoms with Gasteiger partial charge in [-0.1, -0.05) is 13.3 Å². The van der Waals surface area contributed by atoms with Crippen molar-refractivity contribution in [3.8, 4) is 0 Å². The largest absolute Gasteiger partial charge is 0.457 e. The van der Waals surface area contributed by atoms with E-state index >= 15 is 0 Å². The molecule has 0 heterocycles. The van der Waals surface area contributed by atoms with E-state index in [4.69, 9.17) is 9.47 Å². The molecule has 0 aliphatic heterocycles. The van der Waals surface area contributed by atoms with E-state index in [9.17, 15) is 9.59 Å². The predicted molar refractivity (Wildman–Crippen MR) is 58.8 cm³/mol. The molecule has 0 bridgehead atoms. The van der Waals surface area contributed by atoms with Gasteiger partial charge in [0.05, 0.1) is 0 Å². The Labute approximate surface area is 96.3 Å². The highest BCUT2D eigenvalue weighted by Gasteiger charge is 2.30. The van der Waals surface area contributed by atoms with E-state index in [1.807, 2.05) is 6.92 Å². The Kier molecular flexibility index (Phi) is 4.77. The van der Waals surface area contributed by atoms with Crippen molar-refractivity contribution < 1.29 is 19.1 Å². The Balaban J connectivity index is 2.29. The van der Waals surface area contributed by atoms with Gasteiger partial charge in [-0.2, -0.15) is 0 Å². The van der Waals surface area contributed by atoms with Crippen LogP contribution in [0.25, 0.3) is 0 Å². The minimum absolute atomic E-state index is 0.262. The lowest BCUT2D eigenvalue weighted by Gasteiger charge is -2.33. The van der Waals surface area contributed by atoms with Gasteiger partial charge in [-0.05, 0) is 32.6 Å². The zero-order chi connectivity index (χ0) is 12.0. The first-order valence-corrected chi connectivity index (χ1v) is 5.93. The molecule has 4 heteroatoms. The van der Waals surface area contributed by atoms with Gasteiger partial charge >= 0.3 is 11.9 Å². The van der Waals surface area contributed by atoms with Crippen molar-refractivity contribution in [1.82, 2.24) is 0 Å². The van der Waals surface area contributed by atoms with E-state index < -0.39 is 5.97 Å². The van der Waals surface area contributed by atoms with Gasteiger partial charge in [0.25, 0.3) is 0 Å². The Bertz CT molecular complexity index is 254. The molecule has 0 aromatic carbocycles. The Hall–Kier alpha value is -1.06. The summed E-state index contributed by atoms with van der Waals surface area (Å²) < 4.78 is 10.1. The number of rotatable bonds is 4. The van der Waals surface area contributed by atoms with Crippen molar-refractivity contribution in [3.63, 3.8) is 0 Å². The third-order valence-corrected chi connectivity index (χ3v) is 2.91. The monoisotopic (exact) mass is 228 g/mol. The minimum Gasteiger partial charge on any atom is -0.457 e. The molecule has 1 fully saturated rings. The van der Waals surface area contributed by atoms with E-state index in [0.29, 0.717) is 0 Å². The molecule has 0 atom stereocenters. The van der Waals surface area contributed by atoms with E-state index in [1.165, 1.54) is 6.42 Å². The summed E-state index contributed by atoms with van der Waals surface area (Å²) in [6, 6.07) is 0. The molecule has 0 aromatic heterocycles. The summed E-state index contributed by atoms with van der Waals surface area (Å²) >= 11 is 0. The van der Waals surface area contributed by atoms with Crippen LogP contribution in [0, 0.1) is 0 Å². The molecule has 4 nitrogen and oxygen atoms in total. The maximum absolute atomic E-state index is 11.4. The van der Waals surface area contributed by atoms with Crippen molar-refractivity contribution in [2.75, 3.05) is 6.61 Å². The fourth-order valence-electron chi connectivity index (χ4n) is 1.95. The number of ether oxygens (including phenoxy) is 2. The molecule has 1 rings (SSSR count). The molecule has 1 aliphatic carbocycles. The zero-order valence-electron chi connectivity index (χ0n) is 10.1. The third kappa shape index (κ3) is 4.21. The average molecular weight is 228 g/mol. The number of carbonyl (C=O) groups is 2. The molecule has 1 saturated carbocycles. The highest BCUT2D eigenvalue weighted by molar-refractivity contribution is 5.76. The molecule has 0 unspecified atom stereocenters. The molecule has 16 heavy (non-hydrogen) atoms. The molecule has 92 valence electrons. The van der Waals surface area contributed by atoms with Crippen LogP contribution in [0.1, 0.15) is 52.4 Å². The van der Waals surface area contributed by atoms with E-state index in [1.54, 1.807) is 6.92 Å². The first-order valence-electron chi connectivity index (χ1n) is 5.93. The maximum atomic E-state index is 11.4. The number of hydrogen-bond donors (Lipinski definition) is 0. The fraction of sp³-hybridized carbons (Fsp3) is 0.833. The van der Waals surface area contributed by atoms with Crippen LogP contribution in [0.5, 0.6) is 0 Å². The molecule has 0 aromatic rings. The summed E-state index contributed by atoms with van der Waals surface area (Å²) in [4.78, 5) is 22.3. The molecule has 0 N–H and O–H groups in total. The van der Waals surface area contributed by atoms with Crippen molar-refractivity contribution in [2.45, 2.75) is 58.0 Å². The molecular formula is C12H20O4. The summed E-state index contributed by atoms with van der Waals surface area (Å²) in [6.45, 7) is 3.38. The summed E-state index contributed by atoms with van der Waals surface area (Å²) in [5.74, 6) is -0.808. The van der Waals surface area contributed by atoms with E-state index in [0.717, 1.165) is 25.7 Å². The van der Waals surface area contributed by atoms with Gasteiger partial charge in [-0.3, -0.25) is 4.79 Å². The van der Waals surface area contributed by atoms with Gasteiger partial charge in [-0.25, -0.2) is 4.79 Å². The first kappa shape index (κ1) is 13.0. The fourth-order valence-corrected chi connectivity index (χ4v) is 1.95. The topological polar surface area (TPSA) is 52.6 Å². The summed E-state index contributed by atoms with van der Waals surface area (Å²) in [6.07, 6.45) is 5.49. The smallest absolute Gasteiger partial charge is 0.344 e. The van der Waals surface area contributed by atoms with Crippen LogP contribution >= 0.6 is 0 Å². The van der Waals surface area contributed by atoms with Gasteiger partial charge in [0.1, 0.15) is 5.60 Å². The molecule has 0 saturated heterocycles. The Morgan fingerprint density at radius 2 is 1.75 bits per heavy atom. The van der Waals surface area contributed by atoms with Gasteiger partial charge in [0.2, 0.25) is 0 Å². The van der Waals surface area contributed by atoms with Crippen LogP contribution in [0.2, 0.25) is 0 Å². The first-order chi connectivity index (χ1) is 7.56. The molecule has 0 radical (unpaired) electrons. The quantitative estimate of drug-likeness (QED) is 0.692. The van der Waals surface area contributed by atoms with Crippen molar-refractivity contribution in [1.29, 1.82) is 0 Å². The van der Waals surface area contributed by atoms with Gasteiger partial charge < -0.3 is 9.47 Å². The highest BCUT2D eigenvalue weighted by Crippen LogP contribution is 2.31. The van der Waals surface area contributed by atoms with Crippen LogP contribution < -0.4 is 0 Å². The van der Waals surface area contributed by atoms with Gasteiger partial charge in [-0.15, -0.1) is 0 Å². The zero-order valence-corrected chi connectivity index (χ0v) is 10.1. The van der Waals surface area contributed by atoms with Crippen LogP contribution in [0.4, 0.5) is 0 Å². The van der Waals surface area contributed by atoms with Gasteiger partial charge in [0, 0.05) is 6.42 Å². The summed E-state index contributed by atoms with van der Waals surface area (Å²) in [5, 5.41) is 0. The Morgan fingerprint density at radius 1 is 1.12 bits per heavy atom. The molecule has 1 aliphatic rings. The van der Waals surface area contributed by atoms with Gasteiger partial charge in [0.15, 0.2) is 6.61 Å². The van der Waals surface area contributed by atoms with Crippen LogP contribution in [0.15, 0.2) is 0 Å². The summed E-state index contributed by atoms with van der Waals surface area (Å²) in [7, 11) is 0. The van der Waals surface area contributed by atoms with Crippen molar-refractivity contribution in [2.24, 2.45) is 0 Å². The van der Waals surface area contributed by atoms with Crippen molar-refractivity contribution >= 4 is 11.9 Å².